The Morgan fingerprint density at radius 2 is 2.00 bits per heavy atom. The molecule has 1 heterocycles. The Labute approximate surface area is 114 Å². The van der Waals surface area contributed by atoms with E-state index < -0.39 is 16.1 Å². The van der Waals surface area contributed by atoms with Gasteiger partial charge in [-0.05, 0) is 12.0 Å². The molecule has 1 aromatic rings. The SMILES string of the molecule is CN([C@@H]1CNC[C@H]1O)S(=O)(=O)CCc1ccccc1. The van der Waals surface area contributed by atoms with Crippen LogP contribution in [0.2, 0.25) is 0 Å². The van der Waals surface area contributed by atoms with Crippen molar-refractivity contribution in [3.63, 3.8) is 0 Å². The standard InChI is InChI=1S/C13H20N2O3S/c1-15(12-9-14-10-13(12)16)19(17,18)8-7-11-5-3-2-4-6-11/h2-6,12-14,16H,7-10H2,1H3/t12-,13-/m1/s1. The molecule has 106 valence electrons. The number of hydrogen-bond acceptors (Lipinski definition) is 4. The Balaban J connectivity index is 1.98. The van der Waals surface area contributed by atoms with Gasteiger partial charge >= 0.3 is 0 Å². The fraction of sp³-hybridized carbons (Fsp3) is 0.538. The number of rotatable bonds is 5. The summed E-state index contributed by atoms with van der Waals surface area (Å²) in [6.45, 7) is 0.950. The third-order valence-corrected chi connectivity index (χ3v) is 5.42. The zero-order valence-electron chi connectivity index (χ0n) is 11.0. The molecule has 0 bridgehead atoms. The van der Waals surface area contributed by atoms with Gasteiger partial charge in [-0.15, -0.1) is 0 Å². The number of aliphatic hydroxyl groups excluding tert-OH is 1. The van der Waals surface area contributed by atoms with Crippen molar-refractivity contribution in [3.8, 4) is 0 Å². The van der Waals surface area contributed by atoms with Crippen molar-refractivity contribution in [2.75, 3.05) is 25.9 Å². The van der Waals surface area contributed by atoms with Crippen LogP contribution in [0, 0.1) is 0 Å². The first-order valence-electron chi connectivity index (χ1n) is 6.39. The predicted octanol–water partition coefficient (Wildman–Crippen LogP) is -0.177. The van der Waals surface area contributed by atoms with Crippen LogP contribution < -0.4 is 5.32 Å². The molecule has 0 saturated carbocycles. The molecular formula is C13H20N2O3S. The average molecular weight is 284 g/mol. The largest absolute Gasteiger partial charge is 0.390 e. The fourth-order valence-electron chi connectivity index (χ4n) is 2.26. The molecule has 2 N–H and O–H groups in total. The lowest BCUT2D eigenvalue weighted by Crippen LogP contribution is -2.45. The lowest BCUT2D eigenvalue weighted by molar-refractivity contribution is 0.136. The van der Waals surface area contributed by atoms with Gasteiger partial charge in [0.05, 0.1) is 17.9 Å². The minimum Gasteiger partial charge on any atom is -0.390 e. The van der Waals surface area contributed by atoms with Gasteiger partial charge in [-0.2, -0.15) is 4.31 Å². The van der Waals surface area contributed by atoms with Gasteiger partial charge in [-0.3, -0.25) is 0 Å². The molecule has 1 aliphatic heterocycles. The quantitative estimate of drug-likeness (QED) is 0.787. The minimum atomic E-state index is -3.34. The molecule has 0 spiro atoms. The van der Waals surface area contributed by atoms with Crippen molar-refractivity contribution in [2.24, 2.45) is 0 Å². The van der Waals surface area contributed by atoms with Crippen molar-refractivity contribution in [3.05, 3.63) is 35.9 Å². The number of hydrogen-bond donors (Lipinski definition) is 2. The lowest BCUT2D eigenvalue weighted by atomic mass is 10.2. The number of nitrogens with zero attached hydrogens (tertiary/aromatic N) is 1. The van der Waals surface area contributed by atoms with E-state index in [0.29, 0.717) is 19.5 Å². The Hall–Kier alpha value is -0.950. The van der Waals surface area contributed by atoms with E-state index in [4.69, 9.17) is 0 Å². The first kappa shape index (κ1) is 14.5. The Morgan fingerprint density at radius 3 is 2.58 bits per heavy atom. The maximum Gasteiger partial charge on any atom is 0.214 e. The first-order chi connectivity index (χ1) is 9.00. The highest BCUT2D eigenvalue weighted by Gasteiger charge is 2.34. The van der Waals surface area contributed by atoms with Crippen LogP contribution in [0.5, 0.6) is 0 Å². The third-order valence-electron chi connectivity index (χ3n) is 3.55. The van der Waals surface area contributed by atoms with Crippen LogP contribution in [0.3, 0.4) is 0 Å². The van der Waals surface area contributed by atoms with Gasteiger partial charge in [0.15, 0.2) is 0 Å². The van der Waals surface area contributed by atoms with E-state index >= 15 is 0 Å². The molecule has 19 heavy (non-hydrogen) atoms. The number of aliphatic hydroxyl groups is 1. The molecule has 0 unspecified atom stereocenters. The van der Waals surface area contributed by atoms with Crippen molar-refractivity contribution in [1.29, 1.82) is 0 Å². The van der Waals surface area contributed by atoms with Crippen molar-refractivity contribution in [1.82, 2.24) is 9.62 Å². The van der Waals surface area contributed by atoms with Crippen molar-refractivity contribution < 1.29 is 13.5 Å². The van der Waals surface area contributed by atoms with Gasteiger partial charge in [0, 0.05) is 20.1 Å². The molecular weight excluding hydrogens is 264 g/mol. The second kappa shape index (κ2) is 6.00. The number of sulfonamides is 1. The normalized spacial score (nSPS) is 23.9. The van der Waals surface area contributed by atoms with E-state index in [2.05, 4.69) is 5.32 Å². The topological polar surface area (TPSA) is 69.6 Å². The van der Waals surface area contributed by atoms with Crippen LogP contribution >= 0.6 is 0 Å². The number of aryl methyl sites for hydroxylation is 1. The Bertz CT molecular complexity index is 504. The molecule has 2 atom stereocenters. The molecule has 1 saturated heterocycles. The summed E-state index contributed by atoms with van der Waals surface area (Å²) in [5.74, 6) is 0.0662. The van der Waals surface area contributed by atoms with Gasteiger partial charge < -0.3 is 10.4 Å². The van der Waals surface area contributed by atoms with E-state index in [-0.39, 0.29) is 11.8 Å². The van der Waals surface area contributed by atoms with Crippen LogP contribution in [0.4, 0.5) is 0 Å². The van der Waals surface area contributed by atoms with Gasteiger partial charge in [0.1, 0.15) is 0 Å². The molecule has 2 rings (SSSR count). The summed E-state index contributed by atoms with van der Waals surface area (Å²) in [6, 6.07) is 9.18. The van der Waals surface area contributed by atoms with E-state index in [1.165, 1.54) is 4.31 Å². The number of likely N-dealkylation sites (N-methyl/N-ethyl adjacent to an activating group) is 1. The second-order valence-corrected chi connectivity index (χ2v) is 7.01. The first-order valence-corrected chi connectivity index (χ1v) is 8.00. The summed E-state index contributed by atoms with van der Waals surface area (Å²) in [6.07, 6.45) is -0.138. The van der Waals surface area contributed by atoms with Crippen LogP contribution in [-0.2, 0) is 16.4 Å². The highest BCUT2D eigenvalue weighted by molar-refractivity contribution is 7.89. The molecule has 6 heteroatoms. The molecule has 1 fully saturated rings. The van der Waals surface area contributed by atoms with Gasteiger partial charge in [0.25, 0.3) is 0 Å². The second-order valence-electron chi connectivity index (χ2n) is 4.86. The van der Waals surface area contributed by atoms with Gasteiger partial charge in [-0.25, -0.2) is 8.42 Å². The molecule has 0 aromatic heterocycles. The zero-order chi connectivity index (χ0) is 13.9. The summed E-state index contributed by atoms with van der Waals surface area (Å²) in [4.78, 5) is 0. The monoisotopic (exact) mass is 284 g/mol. The molecule has 0 radical (unpaired) electrons. The van der Waals surface area contributed by atoms with Gasteiger partial charge in [0.2, 0.25) is 10.0 Å². The lowest BCUT2D eigenvalue weighted by Gasteiger charge is -2.25. The summed E-state index contributed by atoms with van der Waals surface area (Å²) < 4.78 is 25.8. The number of benzene rings is 1. The van der Waals surface area contributed by atoms with Crippen LogP contribution in [-0.4, -0.2) is 55.9 Å². The summed E-state index contributed by atoms with van der Waals surface area (Å²) in [7, 11) is -1.80. The molecule has 1 aromatic carbocycles. The molecule has 0 amide bonds. The third kappa shape index (κ3) is 3.54. The van der Waals surface area contributed by atoms with E-state index in [1.807, 2.05) is 30.3 Å². The summed E-state index contributed by atoms with van der Waals surface area (Å²) in [5, 5.41) is 12.7. The number of β-amino-alcohol motifs (C(OH)–C–C–N with tert-alkyl or cyclic N) is 1. The molecule has 0 aliphatic carbocycles. The van der Waals surface area contributed by atoms with E-state index in [0.717, 1.165) is 5.56 Å². The summed E-state index contributed by atoms with van der Waals surface area (Å²) in [5.41, 5.74) is 1.00. The number of nitrogens with one attached hydrogen (secondary N) is 1. The predicted molar refractivity (Wildman–Crippen MR) is 74.4 cm³/mol. The molecule has 5 nitrogen and oxygen atoms in total. The maximum absolute atomic E-state index is 12.2. The summed E-state index contributed by atoms with van der Waals surface area (Å²) >= 11 is 0. The minimum absolute atomic E-state index is 0.0662. The van der Waals surface area contributed by atoms with Crippen molar-refractivity contribution >= 4 is 10.0 Å². The average Bonchev–Trinajstić information content (AvgIpc) is 2.83. The van der Waals surface area contributed by atoms with Crippen LogP contribution in [0.1, 0.15) is 5.56 Å². The highest BCUT2D eigenvalue weighted by atomic mass is 32.2. The van der Waals surface area contributed by atoms with E-state index in [9.17, 15) is 13.5 Å². The molecule has 1 aliphatic rings. The fourth-order valence-corrected chi connectivity index (χ4v) is 3.67. The smallest absolute Gasteiger partial charge is 0.214 e. The highest BCUT2D eigenvalue weighted by Crippen LogP contribution is 2.13. The van der Waals surface area contributed by atoms with E-state index in [1.54, 1.807) is 7.05 Å². The van der Waals surface area contributed by atoms with Crippen LogP contribution in [0.25, 0.3) is 0 Å². The Morgan fingerprint density at radius 1 is 1.32 bits per heavy atom. The van der Waals surface area contributed by atoms with Gasteiger partial charge in [-0.1, -0.05) is 30.3 Å². The van der Waals surface area contributed by atoms with Crippen LogP contribution in [0.15, 0.2) is 30.3 Å². The van der Waals surface area contributed by atoms with Crippen molar-refractivity contribution in [2.45, 2.75) is 18.6 Å². The zero-order valence-corrected chi connectivity index (χ0v) is 11.8. The maximum atomic E-state index is 12.2. The Kier molecular flexibility index (Phi) is 4.57.